The van der Waals surface area contributed by atoms with E-state index in [1.807, 2.05) is 32.0 Å². The molecule has 2 heterocycles. The Kier molecular flexibility index (Phi) is 6.59. The molecule has 29 heavy (non-hydrogen) atoms. The average molecular weight is 398 g/mol. The van der Waals surface area contributed by atoms with Crippen molar-refractivity contribution in [2.45, 2.75) is 20.0 Å². The molecule has 7 heteroatoms. The normalized spacial score (nSPS) is 14.5. The molecule has 1 aliphatic heterocycles. The number of piperazine rings is 1. The van der Waals surface area contributed by atoms with Gasteiger partial charge in [0.05, 0.1) is 25.0 Å². The average Bonchev–Trinajstić information content (AvgIpc) is 3.27. The Morgan fingerprint density at radius 2 is 1.79 bits per heavy atom. The molecular formula is C22H26N2O5. The number of amides is 2. The lowest BCUT2D eigenvalue weighted by Crippen LogP contribution is -2.50. The molecule has 3 rings (SSSR count). The highest BCUT2D eigenvalue weighted by Crippen LogP contribution is 2.29. The molecule has 0 aliphatic carbocycles. The number of carbonyl (C=O) groups excluding carboxylic acids is 2. The van der Waals surface area contributed by atoms with Crippen molar-refractivity contribution in [3.63, 3.8) is 0 Å². The first-order valence-corrected chi connectivity index (χ1v) is 9.61. The Hall–Kier alpha value is -3.22. The summed E-state index contributed by atoms with van der Waals surface area (Å²) < 4.78 is 16.0. The van der Waals surface area contributed by atoms with E-state index in [1.54, 1.807) is 35.1 Å². The lowest BCUT2D eigenvalue weighted by atomic mass is 10.1. The van der Waals surface area contributed by atoms with E-state index in [0.717, 1.165) is 5.56 Å². The van der Waals surface area contributed by atoms with Crippen molar-refractivity contribution in [2.75, 3.05) is 33.3 Å². The summed E-state index contributed by atoms with van der Waals surface area (Å²) in [6.45, 7) is 5.90. The lowest BCUT2D eigenvalue weighted by Gasteiger charge is -2.34. The van der Waals surface area contributed by atoms with E-state index in [1.165, 1.54) is 12.5 Å². The fourth-order valence-corrected chi connectivity index (χ4v) is 3.11. The molecule has 0 bridgehead atoms. The van der Waals surface area contributed by atoms with Crippen LogP contribution in [0.2, 0.25) is 0 Å². The van der Waals surface area contributed by atoms with E-state index in [4.69, 9.17) is 13.9 Å². The molecule has 154 valence electrons. The van der Waals surface area contributed by atoms with Crippen molar-refractivity contribution in [2.24, 2.45) is 0 Å². The minimum atomic E-state index is -0.0816. The van der Waals surface area contributed by atoms with Crippen LogP contribution < -0.4 is 9.47 Å². The van der Waals surface area contributed by atoms with Crippen LogP contribution >= 0.6 is 0 Å². The molecule has 1 fully saturated rings. The molecule has 0 atom stereocenters. The van der Waals surface area contributed by atoms with E-state index >= 15 is 0 Å². The Balaban J connectivity index is 1.57. The number of rotatable bonds is 6. The molecular weight excluding hydrogens is 372 g/mol. The van der Waals surface area contributed by atoms with Crippen LogP contribution in [-0.4, -0.2) is 61.0 Å². The van der Waals surface area contributed by atoms with Gasteiger partial charge in [-0.15, -0.1) is 0 Å². The molecule has 1 saturated heterocycles. The van der Waals surface area contributed by atoms with Crippen LogP contribution in [0.3, 0.4) is 0 Å². The summed E-state index contributed by atoms with van der Waals surface area (Å²) in [6, 6.07) is 7.20. The zero-order valence-electron chi connectivity index (χ0n) is 17.0. The van der Waals surface area contributed by atoms with Gasteiger partial charge < -0.3 is 23.7 Å². The predicted molar refractivity (Wildman–Crippen MR) is 109 cm³/mol. The van der Waals surface area contributed by atoms with E-state index in [-0.39, 0.29) is 17.9 Å². The van der Waals surface area contributed by atoms with E-state index < -0.39 is 0 Å². The molecule has 0 saturated carbocycles. The second-order valence-corrected chi connectivity index (χ2v) is 7.04. The van der Waals surface area contributed by atoms with E-state index in [9.17, 15) is 9.59 Å². The molecule has 0 radical (unpaired) electrons. The van der Waals surface area contributed by atoms with Gasteiger partial charge in [-0.05, 0) is 43.7 Å². The van der Waals surface area contributed by atoms with Crippen LogP contribution in [0.5, 0.6) is 11.5 Å². The van der Waals surface area contributed by atoms with Crippen LogP contribution in [0.1, 0.15) is 29.8 Å². The third kappa shape index (κ3) is 5.19. The molecule has 0 N–H and O–H groups in total. The van der Waals surface area contributed by atoms with Crippen LogP contribution in [0, 0.1) is 0 Å². The van der Waals surface area contributed by atoms with Crippen LogP contribution in [0.15, 0.2) is 47.3 Å². The quantitative estimate of drug-likeness (QED) is 0.700. The third-order valence-corrected chi connectivity index (χ3v) is 4.62. The minimum Gasteiger partial charge on any atom is -0.493 e. The predicted octanol–water partition coefficient (Wildman–Crippen LogP) is 3.07. The monoisotopic (exact) mass is 398 g/mol. The summed E-state index contributed by atoms with van der Waals surface area (Å²) in [7, 11) is 1.59. The van der Waals surface area contributed by atoms with Crippen molar-refractivity contribution in [1.29, 1.82) is 0 Å². The first-order chi connectivity index (χ1) is 14.0. The van der Waals surface area contributed by atoms with Gasteiger partial charge in [0, 0.05) is 32.3 Å². The number of carbonyl (C=O) groups is 2. The summed E-state index contributed by atoms with van der Waals surface area (Å²) in [6.07, 6.45) is 6.27. The maximum atomic E-state index is 12.5. The van der Waals surface area contributed by atoms with Crippen molar-refractivity contribution >= 4 is 17.9 Å². The molecule has 1 aliphatic rings. The van der Waals surface area contributed by atoms with Gasteiger partial charge in [0.25, 0.3) is 5.91 Å². The van der Waals surface area contributed by atoms with Gasteiger partial charge in [0.15, 0.2) is 11.5 Å². The first-order valence-electron chi connectivity index (χ1n) is 9.61. The minimum absolute atomic E-state index is 0.0472. The van der Waals surface area contributed by atoms with Gasteiger partial charge in [0.1, 0.15) is 6.26 Å². The van der Waals surface area contributed by atoms with Crippen molar-refractivity contribution in [3.8, 4) is 11.5 Å². The SMILES string of the molecule is COc1cc(/C=C/C(=O)N2CCN(C(=O)c3ccoc3)CC2)ccc1OC(C)C. The summed E-state index contributed by atoms with van der Waals surface area (Å²) in [5.41, 5.74) is 1.38. The number of methoxy groups -OCH3 is 1. The topological polar surface area (TPSA) is 72.2 Å². The lowest BCUT2D eigenvalue weighted by molar-refractivity contribution is -0.127. The second-order valence-electron chi connectivity index (χ2n) is 7.04. The third-order valence-electron chi connectivity index (χ3n) is 4.62. The fourth-order valence-electron chi connectivity index (χ4n) is 3.11. The van der Waals surface area contributed by atoms with Gasteiger partial charge in [0.2, 0.25) is 5.91 Å². The molecule has 1 aromatic carbocycles. The van der Waals surface area contributed by atoms with Gasteiger partial charge >= 0.3 is 0 Å². The Labute approximate surface area is 170 Å². The maximum Gasteiger partial charge on any atom is 0.257 e. The molecule has 0 spiro atoms. The van der Waals surface area contributed by atoms with Crippen LogP contribution in [0.4, 0.5) is 0 Å². The first kappa shape index (κ1) is 20.5. The van der Waals surface area contributed by atoms with E-state index in [2.05, 4.69) is 0 Å². The summed E-state index contributed by atoms with van der Waals surface area (Å²) in [4.78, 5) is 28.3. The standard InChI is InChI=1S/C22H26N2O5/c1-16(2)29-19-6-4-17(14-20(19)27-3)5-7-21(25)23-9-11-24(12-10-23)22(26)18-8-13-28-15-18/h4-8,13-16H,9-12H2,1-3H3/b7-5+. The Morgan fingerprint density at radius 1 is 1.07 bits per heavy atom. The molecule has 2 aromatic rings. The fraction of sp³-hybridized carbons (Fsp3) is 0.364. The van der Waals surface area contributed by atoms with Crippen LogP contribution in [0.25, 0.3) is 6.08 Å². The van der Waals surface area contributed by atoms with Crippen molar-refractivity contribution in [1.82, 2.24) is 9.80 Å². The number of benzene rings is 1. The smallest absolute Gasteiger partial charge is 0.257 e. The number of ether oxygens (including phenoxy) is 2. The van der Waals surface area contributed by atoms with Gasteiger partial charge in [-0.1, -0.05) is 6.07 Å². The van der Waals surface area contributed by atoms with Crippen LogP contribution in [-0.2, 0) is 4.79 Å². The summed E-state index contributed by atoms with van der Waals surface area (Å²) >= 11 is 0. The highest BCUT2D eigenvalue weighted by molar-refractivity contribution is 5.94. The summed E-state index contributed by atoms with van der Waals surface area (Å²) in [5.74, 6) is 1.14. The Morgan fingerprint density at radius 3 is 2.41 bits per heavy atom. The highest BCUT2D eigenvalue weighted by atomic mass is 16.5. The molecule has 0 unspecified atom stereocenters. The van der Waals surface area contributed by atoms with Gasteiger partial charge in [-0.25, -0.2) is 0 Å². The number of nitrogens with zero attached hydrogens (tertiary/aromatic N) is 2. The zero-order chi connectivity index (χ0) is 20.8. The molecule has 7 nitrogen and oxygen atoms in total. The van der Waals surface area contributed by atoms with Gasteiger partial charge in [-0.2, -0.15) is 0 Å². The van der Waals surface area contributed by atoms with E-state index in [0.29, 0.717) is 43.2 Å². The van der Waals surface area contributed by atoms with Crippen molar-refractivity contribution < 1.29 is 23.5 Å². The number of hydrogen-bond donors (Lipinski definition) is 0. The van der Waals surface area contributed by atoms with Crippen molar-refractivity contribution in [3.05, 3.63) is 54.0 Å². The highest BCUT2D eigenvalue weighted by Gasteiger charge is 2.24. The maximum absolute atomic E-state index is 12.5. The molecule has 2 amide bonds. The largest absolute Gasteiger partial charge is 0.493 e. The summed E-state index contributed by atoms with van der Waals surface area (Å²) in [5, 5.41) is 0. The zero-order valence-corrected chi connectivity index (χ0v) is 17.0. The molecule has 1 aromatic heterocycles. The number of hydrogen-bond acceptors (Lipinski definition) is 5. The number of furan rings is 1. The Bertz CT molecular complexity index is 865. The van der Waals surface area contributed by atoms with Gasteiger partial charge in [-0.3, -0.25) is 9.59 Å². The second kappa shape index (κ2) is 9.32.